The van der Waals surface area contributed by atoms with Crippen LogP contribution in [0.3, 0.4) is 0 Å². The molecule has 0 nitrogen and oxygen atoms in total. The Kier molecular flexibility index (Phi) is 0.984. The lowest BCUT2D eigenvalue weighted by atomic mass is 9.63. The minimum absolute atomic E-state index is 0.357. The molecule has 2 atom stereocenters. The SMILES string of the molecule is [2H]C([2H])([2H])C1(C)CCC(C)(C([2H])([2H])[2H])c2ccccc21. The lowest BCUT2D eigenvalue weighted by molar-refractivity contribution is 0.332. The number of rotatable bonds is 0. The molecular formula is C14H20. The molecule has 76 valence electrons. The summed E-state index contributed by atoms with van der Waals surface area (Å²) in [5.74, 6) is 0. The second-order valence-corrected chi connectivity index (χ2v) is 4.71. The average Bonchev–Trinajstić information content (AvgIpc) is 2.32. The fourth-order valence-corrected chi connectivity index (χ4v) is 2.21. The van der Waals surface area contributed by atoms with Crippen molar-refractivity contribution in [1.82, 2.24) is 0 Å². The van der Waals surface area contributed by atoms with Crippen molar-refractivity contribution in [3.05, 3.63) is 35.4 Å². The largest absolute Gasteiger partial charge is 0.0620 e. The van der Waals surface area contributed by atoms with Crippen molar-refractivity contribution in [2.75, 3.05) is 0 Å². The number of fused-ring (bicyclic) bond motifs is 1. The zero-order chi connectivity index (χ0) is 15.4. The van der Waals surface area contributed by atoms with Gasteiger partial charge in [-0.15, -0.1) is 0 Å². The van der Waals surface area contributed by atoms with Crippen LogP contribution in [0, 0.1) is 0 Å². The monoisotopic (exact) mass is 194 g/mol. The highest BCUT2D eigenvalue weighted by Gasteiger charge is 2.36. The quantitative estimate of drug-likeness (QED) is 0.585. The van der Waals surface area contributed by atoms with Crippen molar-refractivity contribution in [1.29, 1.82) is 0 Å². The molecule has 1 aliphatic carbocycles. The van der Waals surface area contributed by atoms with Gasteiger partial charge in [0.25, 0.3) is 0 Å². The van der Waals surface area contributed by atoms with Crippen molar-refractivity contribution in [3.8, 4) is 0 Å². The van der Waals surface area contributed by atoms with Crippen molar-refractivity contribution in [2.24, 2.45) is 0 Å². The van der Waals surface area contributed by atoms with Crippen molar-refractivity contribution >= 4 is 0 Å². The fourth-order valence-electron chi connectivity index (χ4n) is 2.21. The summed E-state index contributed by atoms with van der Waals surface area (Å²) in [4.78, 5) is 0. The second kappa shape index (κ2) is 2.85. The molecule has 0 fully saturated rings. The number of hydrogen-bond donors (Lipinski definition) is 0. The zero-order valence-electron chi connectivity index (χ0n) is 14.7. The number of benzene rings is 1. The molecule has 0 amide bonds. The predicted octanol–water partition coefficient (Wildman–Crippen LogP) is 4.04. The summed E-state index contributed by atoms with van der Waals surface area (Å²) in [5, 5.41) is 0. The van der Waals surface area contributed by atoms with Gasteiger partial charge in [0.05, 0.1) is 0 Å². The van der Waals surface area contributed by atoms with E-state index in [1.807, 2.05) is 0 Å². The van der Waals surface area contributed by atoms with Crippen LogP contribution in [0.25, 0.3) is 0 Å². The Morgan fingerprint density at radius 3 is 1.79 bits per heavy atom. The van der Waals surface area contributed by atoms with Gasteiger partial charge in [-0.05, 0) is 34.8 Å². The van der Waals surface area contributed by atoms with E-state index in [0.717, 1.165) is 0 Å². The molecule has 2 unspecified atom stereocenters. The highest BCUT2D eigenvalue weighted by Crippen LogP contribution is 2.45. The van der Waals surface area contributed by atoms with E-state index in [1.54, 1.807) is 38.1 Å². The molecule has 0 bridgehead atoms. The van der Waals surface area contributed by atoms with Gasteiger partial charge in [-0.3, -0.25) is 0 Å². The van der Waals surface area contributed by atoms with Gasteiger partial charge in [0, 0.05) is 8.22 Å². The Morgan fingerprint density at radius 1 is 1.00 bits per heavy atom. The van der Waals surface area contributed by atoms with Crippen LogP contribution in [0.5, 0.6) is 0 Å². The predicted molar refractivity (Wildman–Crippen MR) is 61.7 cm³/mol. The fraction of sp³-hybridized carbons (Fsp3) is 0.571. The van der Waals surface area contributed by atoms with Gasteiger partial charge in [-0.25, -0.2) is 0 Å². The summed E-state index contributed by atoms with van der Waals surface area (Å²) in [6.45, 7) is -0.839. The Balaban J connectivity index is 2.69. The molecule has 1 aromatic rings. The summed E-state index contributed by atoms with van der Waals surface area (Å²) in [6, 6.07) is 7.11. The van der Waals surface area contributed by atoms with Crippen LogP contribution >= 0.6 is 0 Å². The molecule has 0 heterocycles. The molecule has 0 saturated carbocycles. The first-order valence-electron chi connectivity index (χ1n) is 8.03. The Labute approximate surface area is 95.8 Å². The molecule has 0 aromatic heterocycles. The topological polar surface area (TPSA) is 0 Å². The second-order valence-electron chi connectivity index (χ2n) is 4.71. The smallest absolute Gasteiger partial charge is 0.0239 e. The van der Waals surface area contributed by atoms with E-state index in [4.69, 9.17) is 8.22 Å². The molecule has 14 heavy (non-hydrogen) atoms. The van der Waals surface area contributed by atoms with Gasteiger partial charge in [-0.1, -0.05) is 51.8 Å². The minimum Gasteiger partial charge on any atom is -0.0620 e. The van der Waals surface area contributed by atoms with E-state index < -0.39 is 24.5 Å². The molecule has 0 N–H and O–H groups in total. The van der Waals surface area contributed by atoms with E-state index in [2.05, 4.69) is 0 Å². The highest BCUT2D eigenvalue weighted by atomic mass is 14.4. The van der Waals surface area contributed by atoms with Crippen LogP contribution in [0.15, 0.2) is 24.3 Å². The van der Waals surface area contributed by atoms with Gasteiger partial charge in [0.1, 0.15) is 0 Å². The highest BCUT2D eigenvalue weighted by molar-refractivity contribution is 5.40. The summed E-state index contributed by atoms with van der Waals surface area (Å²) in [7, 11) is 0. The third-order valence-corrected chi connectivity index (χ3v) is 3.24. The van der Waals surface area contributed by atoms with E-state index in [-0.39, 0.29) is 0 Å². The van der Waals surface area contributed by atoms with E-state index in [9.17, 15) is 0 Å². The molecule has 0 heteroatoms. The van der Waals surface area contributed by atoms with E-state index in [1.165, 1.54) is 0 Å². The van der Waals surface area contributed by atoms with Crippen LogP contribution < -0.4 is 0 Å². The summed E-state index contributed by atoms with van der Waals surface area (Å²) in [6.07, 6.45) is 0.713. The standard InChI is InChI=1S/C14H20/c1-13(2)9-10-14(3,4)12-8-6-5-7-11(12)13/h5-8H,9-10H2,1-4H3/i1D3,3D3. The van der Waals surface area contributed by atoms with Crippen LogP contribution in [0.2, 0.25) is 0 Å². The molecule has 0 radical (unpaired) electrons. The van der Waals surface area contributed by atoms with E-state index in [0.29, 0.717) is 24.0 Å². The van der Waals surface area contributed by atoms with Crippen LogP contribution in [0.4, 0.5) is 0 Å². The first-order valence-corrected chi connectivity index (χ1v) is 5.03. The van der Waals surface area contributed by atoms with Crippen LogP contribution in [-0.2, 0) is 10.8 Å². The molecule has 1 aliphatic rings. The first kappa shape index (κ1) is 4.83. The molecular weight excluding hydrogens is 168 g/mol. The minimum atomic E-state index is -2.14. The maximum Gasteiger partial charge on any atom is 0.0239 e. The Hall–Kier alpha value is -0.780. The lowest BCUT2D eigenvalue weighted by Gasteiger charge is -2.41. The average molecular weight is 194 g/mol. The summed E-state index contributed by atoms with van der Waals surface area (Å²) < 4.78 is 47.0. The van der Waals surface area contributed by atoms with Gasteiger partial charge >= 0.3 is 0 Å². The summed E-state index contributed by atoms with van der Waals surface area (Å²) in [5.41, 5.74) is -0.641. The Bertz CT molecular complexity index is 468. The maximum atomic E-state index is 7.83. The van der Waals surface area contributed by atoms with Crippen molar-refractivity contribution in [2.45, 2.75) is 51.2 Å². The summed E-state index contributed by atoms with van der Waals surface area (Å²) >= 11 is 0. The van der Waals surface area contributed by atoms with Gasteiger partial charge in [0.15, 0.2) is 0 Å². The first-order chi connectivity index (χ1) is 8.93. The number of hydrogen-bond acceptors (Lipinski definition) is 0. The molecule has 2 rings (SSSR count). The Morgan fingerprint density at radius 2 is 1.43 bits per heavy atom. The van der Waals surface area contributed by atoms with Crippen LogP contribution in [-0.4, -0.2) is 0 Å². The van der Waals surface area contributed by atoms with Crippen molar-refractivity contribution < 1.29 is 8.22 Å². The van der Waals surface area contributed by atoms with Gasteiger partial charge in [0.2, 0.25) is 0 Å². The lowest BCUT2D eigenvalue weighted by Crippen LogP contribution is -2.33. The van der Waals surface area contributed by atoms with Gasteiger partial charge in [-0.2, -0.15) is 0 Å². The van der Waals surface area contributed by atoms with Crippen LogP contribution in [0.1, 0.15) is 59.7 Å². The normalized spacial score (nSPS) is 44.7. The molecule has 0 saturated heterocycles. The van der Waals surface area contributed by atoms with E-state index >= 15 is 0 Å². The zero-order valence-corrected chi connectivity index (χ0v) is 8.72. The van der Waals surface area contributed by atoms with Gasteiger partial charge < -0.3 is 0 Å². The molecule has 0 spiro atoms. The third-order valence-electron chi connectivity index (χ3n) is 3.24. The van der Waals surface area contributed by atoms with Crippen molar-refractivity contribution in [3.63, 3.8) is 0 Å². The molecule has 1 aromatic carbocycles. The molecule has 0 aliphatic heterocycles. The third kappa shape index (κ3) is 1.37. The maximum absolute atomic E-state index is 7.83.